The Kier molecular flexibility index (Phi) is 4.90. The number of piperidine rings is 1. The summed E-state index contributed by atoms with van der Waals surface area (Å²) in [6.45, 7) is 6.27. The molecule has 0 aromatic heterocycles. The van der Waals surface area contributed by atoms with Crippen molar-refractivity contribution in [1.82, 2.24) is 4.90 Å². The molecule has 1 aromatic carbocycles. The topological polar surface area (TPSA) is 75.5 Å². The van der Waals surface area contributed by atoms with Crippen molar-refractivity contribution < 1.29 is 9.72 Å². The minimum atomic E-state index is -0.437. The fraction of sp³-hybridized carbons (Fsp3) is 0.533. The van der Waals surface area contributed by atoms with Gasteiger partial charge in [-0.05, 0) is 50.4 Å². The van der Waals surface area contributed by atoms with Crippen LogP contribution in [-0.2, 0) is 4.79 Å². The average molecular weight is 291 g/mol. The van der Waals surface area contributed by atoms with Gasteiger partial charge in [0, 0.05) is 17.8 Å². The minimum Gasteiger partial charge on any atom is -0.325 e. The predicted octanol–water partition coefficient (Wildman–Crippen LogP) is 2.57. The molecule has 1 fully saturated rings. The molecule has 1 aliphatic rings. The Morgan fingerprint density at radius 1 is 1.43 bits per heavy atom. The van der Waals surface area contributed by atoms with Crippen LogP contribution in [0.1, 0.15) is 25.3 Å². The summed E-state index contributed by atoms with van der Waals surface area (Å²) in [5.74, 6) is 0.669. The molecule has 1 saturated heterocycles. The highest BCUT2D eigenvalue weighted by Crippen LogP contribution is 2.21. The fourth-order valence-corrected chi connectivity index (χ4v) is 2.51. The zero-order valence-electron chi connectivity index (χ0n) is 12.5. The number of nitrogens with zero attached hydrogens (tertiary/aromatic N) is 2. The Morgan fingerprint density at radius 2 is 2.10 bits per heavy atom. The molecule has 6 nitrogen and oxygen atoms in total. The molecule has 0 aliphatic carbocycles. The first-order chi connectivity index (χ1) is 9.95. The summed E-state index contributed by atoms with van der Waals surface area (Å²) in [5, 5.41) is 13.5. The Balaban J connectivity index is 1.92. The third kappa shape index (κ3) is 4.26. The van der Waals surface area contributed by atoms with Crippen molar-refractivity contribution in [1.29, 1.82) is 0 Å². The van der Waals surface area contributed by atoms with Crippen molar-refractivity contribution >= 4 is 17.3 Å². The van der Waals surface area contributed by atoms with E-state index in [4.69, 9.17) is 0 Å². The maximum Gasteiger partial charge on any atom is 0.269 e. The number of anilines is 1. The van der Waals surface area contributed by atoms with Crippen molar-refractivity contribution in [2.24, 2.45) is 5.92 Å². The Hall–Kier alpha value is -1.95. The molecule has 1 N–H and O–H groups in total. The van der Waals surface area contributed by atoms with Gasteiger partial charge in [-0.1, -0.05) is 6.92 Å². The molecular weight excluding hydrogens is 270 g/mol. The summed E-state index contributed by atoms with van der Waals surface area (Å²) >= 11 is 0. The number of nitro benzene ring substituents is 1. The second-order valence-electron chi connectivity index (χ2n) is 5.76. The van der Waals surface area contributed by atoms with Crippen molar-refractivity contribution in [3.8, 4) is 0 Å². The summed E-state index contributed by atoms with van der Waals surface area (Å²) in [4.78, 5) is 24.4. The molecule has 0 unspecified atom stereocenters. The summed E-state index contributed by atoms with van der Waals surface area (Å²) in [6, 6.07) is 4.47. The first kappa shape index (κ1) is 15.4. The summed E-state index contributed by atoms with van der Waals surface area (Å²) in [5.41, 5.74) is 1.37. The number of hydrogen-bond acceptors (Lipinski definition) is 4. The Labute approximate surface area is 124 Å². The number of likely N-dealkylation sites (tertiary alicyclic amines) is 1. The van der Waals surface area contributed by atoms with Crippen LogP contribution in [0.15, 0.2) is 18.2 Å². The molecule has 0 bridgehead atoms. The molecule has 1 amide bonds. The second kappa shape index (κ2) is 6.67. The Morgan fingerprint density at radius 3 is 2.67 bits per heavy atom. The monoisotopic (exact) mass is 291 g/mol. The van der Waals surface area contributed by atoms with Crippen LogP contribution < -0.4 is 5.32 Å². The zero-order valence-corrected chi connectivity index (χ0v) is 12.5. The summed E-state index contributed by atoms with van der Waals surface area (Å²) in [7, 11) is 0. The van der Waals surface area contributed by atoms with Crippen LogP contribution in [0, 0.1) is 23.0 Å². The predicted molar refractivity (Wildman–Crippen MR) is 81.3 cm³/mol. The fourth-order valence-electron chi connectivity index (χ4n) is 2.51. The largest absolute Gasteiger partial charge is 0.325 e. The number of carbonyl (C=O) groups is 1. The molecule has 114 valence electrons. The van der Waals surface area contributed by atoms with E-state index in [0.717, 1.165) is 31.8 Å². The van der Waals surface area contributed by atoms with Gasteiger partial charge in [-0.25, -0.2) is 0 Å². The van der Waals surface area contributed by atoms with E-state index >= 15 is 0 Å². The van der Waals surface area contributed by atoms with Crippen molar-refractivity contribution in [2.75, 3.05) is 25.0 Å². The molecule has 0 radical (unpaired) electrons. The molecule has 1 aromatic rings. The second-order valence-corrected chi connectivity index (χ2v) is 5.76. The van der Waals surface area contributed by atoms with E-state index in [-0.39, 0.29) is 11.6 Å². The van der Waals surface area contributed by atoms with E-state index in [9.17, 15) is 14.9 Å². The summed E-state index contributed by atoms with van der Waals surface area (Å²) in [6.07, 6.45) is 2.26. The molecule has 0 atom stereocenters. The van der Waals surface area contributed by atoms with Crippen molar-refractivity contribution in [3.05, 3.63) is 33.9 Å². The lowest BCUT2D eigenvalue weighted by Gasteiger charge is -2.29. The van der Waals surface area contributed by atoms with Gasteiger partial charge in [-0.3, -0.25) is 19.8 Å². The van der Waals surface area contributed by atoms with Crippen LogP contribution in [0.4, 0.5) is 11.4 Å². The van der Waals surface area contributed by atoms with E-state index < -0.39 is 4.92 Å². The van der Waals surface area contributed by atoms with Crippen LogP contribution in [0.5, 0.6) is 0 Å². The van der Waals surface area contributed by atoms with Gasteiger partial charge in [-0.2, -0.15) is 0 Å². The van der Waals surface area contributed by atoms with E-state index in [2.05, 4.69) is 17.1 Å². The lowest BCUT2D eigenvalue weighted by atomic mass is 9.99. The smallest absolute Gasteiger partial charge is 0.269 e. The molecule has 21 heavy (non-hydrogen) atoms. The first-order valence-electron chi connectivity index (χ1n) is 7.23. The van der Waals surface area contributed by atoms with Gasteiger partial charge in [0.1, 0.15) is 0 Å². The van der Waals surface area contributed by atoms with Crippen LogP contribution in [0.25, 0.3) is 0 Å². The normalized spacial score (nSPS) is 16.7. The molecule has 0 saturated carbocycles. The highest BCUT2D eigenvalue weighted by molar-refractivity contribution is 5.93. The number of hydrogen-bond donors (Lipinski definition) is 1. The number of nitrogens with one attached hydrogen (secondary N) is 1. The molecule has 0 spiro atoms. The molecule has 1 aliphatic heterocycles. The Bertz CT molecular complexity index is 537. The van der Waals surface area contributed by atoms with Crippen LogP contribution >= 0.6 is 0 Å². The number of amides is 1. The SMILES string of the molecule is Cc1cc([N+](=O)[O-])ccc1NC(=O)CN1CCC(C)CC1. The standard InChI is InChI=1S/C15H21N3O3/c1-11-5-7-17(8-6-11)10-15(19)16-14-4-3-13(18(20)21)9-12(14)2/h3-4,9,11H,5-8,10H2,1-2H3,(H,16,19). The van der Waals surface area contributed by atoms with Gasteiger partial charge in [0.05, 0.1) is 11.5 Å². The average Bonchev–Trinajstić information content (AvgIpc) is 2.43. The molecule has 1 heterocycles. The van der Waals surface area contributed by atoms with Crippen molar-refractivity contribution in [3.63, 3.8) is 0 Å². The number of nitro groups is 1. The molecule has 2 rings (SSSR count). The third-order valence-corrected chi connectivity index (χ3v) is 3.94. The lowest BCUT2D eigenvalue weighted by Crippen LogP contribution is -2.38. The number of rotatable bonds is 4. The zero-order chi connectivity index (χ0) is 15.4. The van der Waals surface area contributed by atoms with Gasteiger partial charge in [0.2, 0.25) is 5.91 Å². The number of benzene rings is 1. The third-order valence-electron chi connectivity index (χ3n) is 3.94. The van der Waals surface area contributed by atoms with Gasteiger partial charge in [0.15, 0.2) is 0 Å². The maximum absolute atomic E-state index is 12.0. The highest BCUT2D eigenvalue weighted by atomic mass is 16.6. The minimum absolute atomic E-state index is 0.0375. The van der Waals surface area contributed by atoms with Gasteiger partial charge in [0.25, 0.3) is 5.69 Å². The number of carbonyl (C=O) groups excluding carboxylic acids is 1. The van der Waals surface area contributed by atoms with Crippen LogP contribution in [-0.4, -0.2) is 35.4 Å². The quantitative estimate of drug-likeness (QED) is 0.683. The van der Waals surface area contributed by atoms with Gasteiger partial charge >= 0.3 is 0 Å². The van der Waals surface area contributed by atoms with Crippen LogP contribution in [0.2, 0.25) is 0 Å². The van der Waals surface area contributed by atoms with E-state index in [1.807, 2.05) is 0 Å². The van der Waals surface area contributed by atoms with Crippen molar-refractivity contribution in [2.45, 2.75) is 26.7 Å². The number of aryl methyl sites for hydroxylation is 1. The van der Waals surface area contributed by atoms with E-state index in [0.29, 0.717) is 17.8 Å². The molecule has 6 heteroatoms. The van der Waals surface area contributed by atoms with Gasteiger partial charge in [-0.15, -0.1) is 0 Å². The first-order valence-corrected chi connectivity index (χ1v) is 7.23. The van der Waals surface area contributed by atoms with Gasteiger partial charge < -0.3 is 5.32 Å². The highest BCUT2D eigenvalue weighted by Gasteiger charge is 2.18. The van der Waals surface area contributed by atoms with Crippen LogP contribution in [0.3, 0.4) is 0 Å². The lowest BCUT2D eigenvalue weighted by molar-refractivity contribution is -0.384. The summed E-state index contributed by atoms with van der Waals surface area (Å²) < 4.78 is 0. The maximum atomic E-state index is 12.0. The van der Waals surface area contributed by atoms with E-state index in [1.54, 1.807) is 13.0 Å². The molecular formula is C15H21N3O3. The number of non-ortho nitro benzene ring substituents is 1. The van der Waals surface area contributed by atoms with E-state index in [1.165, 1.54) is 12.1 Å².